The van der Waals surface area contributed by atoms with Crippen LogP contribution in [0.2, 0.25) is 0 Å². The minimum Gasteiger partial charge on any atom is -0.454 e. The lowest BCUT2D eigenvalue weighted by molar-refractivity contribution is 0.174. The first-order valence-electron chi connectivity index (χ1n) is 9.18. The summed E-state index contributed by atoms with van der Waals surface area (Å²) < 4.78 is 17.6. The van der Waals surface area contributed by atoms with E-state index in [1.54, 1.807) is 6.21 Å². The molecule has 0 atom stereocenters. The number of oxazole rings is 1. The van der Waals surface area contributed by atoms with Gasteiger partial charge in [-0.1, -0.05) is 6.07 Å². The standard InChI is InChI=1S/C23H17BrN2O3/c1-13-3-4-15(7-14(13)2)23-26-19-9-17(5-6-20(19)29-23)25-11-16-8-21-22(10-18(16)24)28-12-27-21/h3-11H,12H2,1-2H3. The molecule has 5 nitrogen and oxygen atoms in total. The van der Waals surface area contributed by atoms with Crippen LogP contribution in [0.3, 0.4) is 0 Å². The summed E-state index contributed by atoms with van der Waals surface area (Å²) in [5.74, 6) is 2.07. The molecule has 4 aromatic rings. The quantitative estimate of drug-likeness (QED) is 0.342. The van der Waals surface area contributed by atoms with Crippen molar-refractivity contribution in [3.8, 4) is 23.0 Å². The highest BCUT2D eigenvalue weighted by molar-refractivity contribution is 9.10. The molecule has 0 saturated carbocycles. The van der Waals surface area contributed by atoms with E-state index in [-0.39, 0.29) is 6.79 Å². The number of nitrogens with zero attached hydrogens (tertiary/aromatic N) is 2. The van der Waals surface area contributed by atoms with Crippen LogP contribution in [0.15, 0.2) is 62.4 Å². The number of benzene rings is 3. The summed E-state index contributed by atoms with van der Waals surface area (Å²) in [7, 11) is 0. The zero-order chi connectivity index (χ0) is 20.0. The predicted octanol–water partition coefficient (Wildman–Crippen LogP) is 6.35. The number of rotatable bonds is 3. The van der Waals surface area contributed by atoms with Gasteiger partial charge in [0.2, 0.25) is 12.7 Å². The van der Waals surface area contributed by atoms with Crippen molar-refractivity contribution in [1.29, 1.82) is 0 Å². The molecule has 0 unspecified atom stereocenters. The molecule has 0 amide bonds. The number of aryl methyl sites for hydroxylation is 2. The van der Waals surface area contributed by atoms with Crippen LogP contribution >= 0.6 is 15.9 Å². The van der Waals surface area contributed by atoms with Gasteiger partial charge < -0.3 is 13.9 Å². The fourth-order valence-corrected chi connectivity index (χ4v) is 3.59. The Balaban J connectivity index is 1.46. The molecule has 1 aromatic heterocycles. The molecule has 1 aliphatic heterocycles. The van der Waals surface area contributed by atoms with Crippen LogP contribution in [0.25, 0.3) is 22.6 Å². The highest BCUT2D eigenvalue weighted by Crippen LogP contribution is 2.36. The van der Waals surface area contributed by atoms with Crippen LogP contribution in [-0.4, -0.2) is 18.0 Å². The summed E-state index contributed by atoms with van der Waals surface area (Å²) >= 11 is 3.55. The second kappa shape index (κ2) is 7.04. The maximum Gasteiger partial charge on any atom is 0.231 e. The van der Waals surface area contributed by atoms with Crippen molar-refractivity contribution < 1.29 is 13.9 Å². The summed E-state index contributed by atoms with van der Waals surface area (Å²) in [6.45, 7) is 4.42. The van der Waals surface area contributed by atoms with Crippen molar-refractivity contribution in [1.82, 2.24) is 4.98 Å². The molecule has 5 rings (SSSR count). The van der Waals surface area contributed by atoms with Gasteiger partial charge in [0.1, 0.15) is 5.52 Å². The number of aliphatic imine (C=N–C) groups is 1. The van der Waals surface area contributed by atoms with Crippen LogP contribution in [0, 0.1) is 13.8 Å². The lowest BCUT2D eigenvalue weighted by Crippen LogP contribution is -1.92. The van der Waals surface area contributed by atoms with Gasteiger partial charge in [-0.15, -0.1) is 0 Å². The normalized spacial score (nSPS) is 12.9. The Morgan fingerprint density at radius 2 is 1.79 bits per heavy atom. The van der Waals surface area contributed by atoms with Gasteiger partial charge in [-0.3, -0.25) is 4.99 Å². The van der Waals surface area contributed by atoms with E-state index in [1.807, 2.05) is 36.4 Å². The minimum absolute atomic E-state index is 0.244. The van der Waals surface area contributed by atoms with E-state index in [0.717, 1.165) is 43.9 Å². The van der Waals surface area contributed by atoms with Crippen LogP contribution in [0.4, 0.5) is 5.69 Å². The van der Waals surface area contributed by atoms with Crippen molar-refractivity contribution in [2.24, 2.45) is 4.99 Å². The van der Waals surface area contributed by atoms with Gasteiger partial charge in [-0.2, -0.15) is 0 Å². The fourth-order valence-electron chi connectivity index (χ4n) is 3.17. The molecule has 0 spiro atoms. The highest BCUT2D eigenvalue weighted by Gasteiger charge is 2.15. The maximum absolute atomic E-state index is 5.94. The molecule has 3 aromatic carbocycles. The number of fused-ring (bicyclic) bond motifs is 2. The molecule has 0 bridgehead atoms. The SMILES string of the molecule is Cc1ccc(-c2nc3cc(N=Cc4cc5c(cc4Br)OCO5)ccc3o2)cc1C. The fraction of sp³-hybridized carbons (Fsp3) is 0.130. The van der Waals surface area contributed by atoms with Gasteiger partial charge in [-0.05, 0) is 83.4 Å². The van der Waals surface area contributed by atoms with Crippen molar-refractivity contribution >= 4 is 38.9 Å². The lowest BCUT2D eigenvalue weighted by atomic mass is 10.1. The molecule has 0 aliphatic carbocycles. The zero-order valence-corrected chi connectivity index (χ0v) is 17.5. The molecule has 144 valence electrons. The molecule has 0 radical (unpaired) electrons. The summed E-state index contributed by atoms with van der Waals surface area (Å²) in [5, 5.41) is 0. The van der Waals surface area contributed by atoms with Gasteiger partial charge in [-0.25, -0.2) is 4.98 Å². The average Bonchev–Trinajstić information content (AvgIpc) is 3.34. The lowest BCUT2D eigenvalue weighted by Gasteiger charge is -2.01. The second-order valence-electron chi connectivity index (χ2n) is 6.96. The van der Waals surface area contributed by atoms with Crippen molar-refractivity contribution in [3.05, 3.63) is 69.7 Å². The Hall–Kier alpha value is -3.12. The van der Waals surface area contributed by atoms with Crippen LogP contribution in [-0.2, 0) is 0 Å². The third-order valence-electron chi connectivity index (χ3n) is 4.97. The predicted molar refractivity (Wildman–Crippen MR) is 116 cm³/mol. The minimum atomic E-state index is 0.244. The summed E-state index contributed by atoms with van der Waals surface area (Å²) in [4.78, 5) is 9.24. The van der Waals surface area contributed by atoms with E-state index in [2.05, 4.69) is 51.9 Å². The van der Waals surface area contributed by atoms with Gasteiger partial charge in [0.05, 0.1) is 5.69 Å². The van der Waals surface area contributed by atoms with Crippen LogP contribution < -0.4 is 9.47 Å². The van der Waals surface area contributed by atoms with Gasteiger partial charge in [0, 0.05) is 21.8 Å². The first-order chi connectivity index (χ1) is 14.1. The average molecular weight is 449 g/mol. The third kappa shape index (κ3) is 3.40. The van der Waals surface area contributed by atoms with Crippen molar-refractivity contribution in [2.75, 3.05) is 6.79 Å². The van der Waals surface area contributed by atoms with Crippen molar-refractivity contribution in [2.45, 2.75) is 13.8 Å². The maximum atomic E-state index is 5.94. The number of ether oxygens (including phenoxy) is 2. The number of aromatic nitrogens is 1. The van der Waals surface area contributed by atoms with Crippen molar-refractivity contribution in [3.63, 3.8) is 0 Å². The van der Waals surface area contributed by atoms with E-state index in [1.165, 1.54) is 11.1 Å². The topological polar surface area (TPSA) is 56.9 Å². The van der Waals surface area contributed by atoms with E-state index < -0.39 is 0 Å². The van der Waals surface area contributed by atoms with E-state index in [0.29, 0.717) is 5.89 Å². The molecular weight excluding hydrogens is 432 g/mol. The summed E-state index contributed by atoms with van der Waals surface area (Å²) in [6.07, 6.45) is 1.79. The first-order valence-corrected chi connectivity index (χ1v) is 9.97. The summed E-state index contributed by atoms with van der Waals surface area (Å²) in [5.41, 5.74) is 6.64. The molecule has 6 heteroatoms. The Morgan fingerprint density at radius 3 is 2.62 bits per heavy atom. The van der Waals surface area contributed by atoms with Gasteiger partial charge in [0.25, 0.3) is 0 Å². The highest BCUT2D eigenvalue weighted by atomic mass is 79.9. The van der Waals surface area contributed by atoms with Crippen LogP contribution in [0.1, 0.15) is 16.7 Å². The Kier molecular flexibility index (Phi) is 4.36. The molecule has 29 heavy (non-hydrogen) atoms. The number of hydrogen-bond acceptors (Lipinski definition) is 5. The third-order valence-corrected chi connectivity index (χ3v) is 5.66. The van der Waals surface area contributed by atoms with Gasteiger partial charge >= 0.3 is 0 Å². The second-order valence-corrected chi connectivity index (χ2v) is 7.81. The molecule has 0 fully saturated rings. The Bertz CT molecular complexity index is 1280. The Morgan fingerprint density at radius 1 is 0.966 bits per heavy atom. The van der Waals surface area contributed by atoms with E-state index in [4.69, 9.17) is 13.9 Å². The molecular formula is C23H17BrN2O3. The van der Waals surface area contributed by atoms with Gasteiger partial charge in [0.15, 0.2) is 17.1 Å². The molecule has 0 saturated heterocycles. The molecule has 1 aliphatic rings. The largest absolute Gasteiger partial charge is 0.454 e. The van der Waals surface area contributed by atoms with E-state index in [9.17, 15) is 0 Å². The smallest absolute Gasteiger partial charge is 0.231 e. The first kappa shape index (κ1) is 17.9. The Labute approximate surface area is 176 Å². The number of hydrogen-bond donors (Lipinski definition) is 0. The van der Waals surface area contributed by atoms with E-state index >= 15 is 0 Å². The number of halogens is 1. The zero-order valence-electron chi connectivity index (χ0n) is 15.9. The molecule has 2 heterocycles. The molecule has 0 N–H and O–H groups in total. The van der Waals surface area contributed by atoms with Crippen LogP contribution in [0.5, 0.6) is 11.5 Å². The summed E-state index contributed by atoms with van der Waals surface area (Å²) in [6, 6.07) is 15.7. The monoisotopic (exact) mass is 448 g/mol.